The lowest BCUT2D eigenvalue weighted by atomic mass is 10.1. The van der Waals surface area contributed by atoms with Crippen molar-refractivity contribution in [3.8, 4) is 0 Å². The Morgan fingerprint density at radius 1 is 1.12 bits per heavy atom. The Morgan fingerprint density at radius 2 is 1.81 bits per heavy atom. The third-order valence-electron chi connectivity index (χ3n) is 4.55. The molecule has 1 aliphatic heterocycles. The molecule has 0 aliphatic carbocycles. The molecule has 0 aromatic heterocycles. The Kier molecular flexibility index (Phi) is 5.25. The molecule has 7 heteroatoms. The molecule has 1 fully saturated rings. The van der Waals surface area contributed by atoms with Gasteiger partial charge in [0.05, 0.1) is 22.0 Å². The number of hydrogen-bond donors (Lipinski definition) is 1. The van der Waals surface area contributed by atoms with Crippen molar-refractivity contribution in [1.82, 2.24) is 0 Å². The van der Waals surface area contributed by atoms with Crippen LogP contribution >= 0.6 is 11.6 Å². The zero-order valence-electron chi connectivity index (χ0n) is 14.8. The summed E-state index contributed by atoms with van der Waals surface area (Å²) in [6.45, 7) is 4.29. The number of amides is 1. The lowest BCUT2D eigenvalue weighted by Gasteiger charge is -2.28. The van der Waals surface area contributed by atoms with Crippen LogP contribution in [0.4, 0.5) is 11.4 Å². The van der Waals surface area contributed by atoms with E-state index in [1.54, 1.807) is 18.2 Å². The Hall–Kier alpha value is -2.05. The van der Waals surface area contributed by atoms with E-state index in [9.17, 15) is 13.2 Å². The van der Waals surface area contributed by atoms with Gasteiger partial charge in [-0.2, -0.15) is 0 Å². The van der Waals surface area contributed by atoms with Gasteiger partial charge in [-0.1, -0.05) is 29.8 Å². The van der Waals surface area contributed by atoms with Crippen LogP contribution in [0.15, 0.2) is 36.4 Å². The summed E-state index contributed by atoms with van der Waals surface area (Å²) >= 11 is 6.30. The van der Waals surface area contributed by atoms with Gasteiger partial charge < -0.3 is 5.32 Å². The summed E-state index contributed by atoms with van der Waals surface area (Å²) in [6.07, 6.45) is 1.48. The maximum absolute atomic E-state index is 12.6. The summed E-state index contributed by atoms with van der Waals surface area (Å²) in [4.78, 5) is 12.6. The summed E-state index contributed by atoms with van der Waals surface area (Å²) in [6, 6.07) is 10.5. The molecule has 1 amide bonds. The monoisotopic (exact) mass is 392 g/mol. The van der Waals surface area contributed by atoms with Crippen molar-refractivity contribution in [1.29, 1.82) is 0 Å². The quantitative estimate of drug-likeness (QED) is 0.853. The third-order valence-corrected chi connectivity index (χ3v) is 6.74. The highest BCUT2D eigenvalue weighted by Gasteiger charge is 2.26. The molecule has 2 aromatic carbocycles. The minimum absolute atomic E-state index is 0.138. The van der Waals surface area contributed by atoms with Crippen molar-refractivity contribution in [2.24, 2.45) is 0 Å². The van der Waals surface area contributed by atoms with E-state index in [0.29, 0.717) is 24.2 Å². The van der Waals surface area contributed by atoms with E-state index >= 15 is 0 Å². The van der Waals surface area contributed by atoms with Crippen molar-refractivity contribution in [2.75, 3.05) is 21.9 Å². The fourth-order valence-electron chi connectivity index (χ4n) is 3.11. The number of carbonyl (C=O) groups is 1. The van der Waals surface area contributed by atoms with Crippen molar-refractivity contribution in [3.63, 3.8) is 0 Å². The smallest absolute Gasteiger partial charge is 0.257 e. The Bertz CT molecular complexity index is 937. The van der Waals surface area contributed by atoms with Crippen LogP contribution in [0.2, 0.25) is 5.02 Å². The zero-order chi connectivity index (χ0) is 18.9. The normalized spacial score (nSPS) is 16.3. The molecular formula is C19H21ClN2O3S. The van der Waals surface area contributed by atoms with E-state index in [0.717, 1.165) is 23.2 Å². The van der Waals surface area contributed by atoms with Crippen LogP contribution in [-0.4, -0.2) is 26.6 Å². The van der Waals surface area contributed by atoms with Gasteiger partial charge in [-0.3, -0.25) is 9.10 Å². The molecule has 1 heterocycles. The first-order valence-corrected chi connectivity index (χ1v) is 10.5. The van der Waals surface area contributed by atoms with Gasteiger partial charge in [0, 0.05) is 12.2 Å². The average molecular weight is 393 g/mol. The summed E-state index contributed by atoms with van der Waals surface area (Å²) in [7, 11) is -3.31. The number of anilines is 2. The van der Waals surface area contributed by atoms with Crippen molar-refractivity contribution in [3.05, 3.63) is 58.1 Å². The third kappa shape index (κ3) is 3.71. The number of sulfonamides is 1. The van der Waals surface area contributed by atoms with Crippen LogP contribution in [0.1, 0.15) is 34.3 Å². The Labute approximate surface area is 159 Å². The second kappa shape index (κ2) is 7.29. The van der Waals surface area contributed by atoms with Gasteiger partial charge in [0.2, 0.25) is 10.0 Å². The van der Waals surface area contributed by atoms with Crippen molar-refractivity contribution in [2.45, 2.75) is 26.7 Å². The fraction of sp³-hybridized carbons (Fsp3) is 0.316. The topological polar surface area (TPSA) is 66.5 Å². The van der Waals surface area contributed by atoms with E-state index < -0.39 is 10.0 Å². The molecule has 2 aromatic rings. The molecule has 138 valence electrons. The highest BCUT2D eigenvalue weighted by atomic mass is 35.5. The number of aryl methyl sites for hydroxylation is 2. The second-order valence-electron chi connectivity index (χ2n) is 6.48. The molecule has 0 radical (unpaired) electrons. The van der Waals surface area contributed by atoms with Gasteiger partial charge in [0.15, 0.2) is 0 Å². The molecule has 0 saturated carbocycles. The number of rotatable bonds is 3. The average Bonchev–Trinajstić information content (AvgIpc) is 2.57. The molecule has 1 N–H and O–H groups in total. The highest BCUT2D eigenvalue weighted by Crippen LogP contribution is 2.29. The number of halogens is 1. The lowest BCUT2D eigenvalue weighted by molar-refractivity contribution is 0.102. The van der Waals surface area contributed by atoms with E-state index in [1.165, 1.54) is 4.31 Å². The highest BCUT2D eigenvalue weighted by molar-refractivity contribution is 7.92. The Balaban J connectivity index is 1.87. The van der Waals surface area contributed by atoms with E-state index in [-0.39, 0.29) is 16.7 Å². The van der Waals surface area contributed by atoms with Crippen LogP contribution in [0.5, 0.6) is 0 Å². The largest absolute Gasteiger partial charge is 0.321 e. The molecule has 1 saturated heterocycles. The van der Waals surface area contributed by atoms with E-state index in [2.05, 4.69) is 5.32 Å². The molecule has 0 spiro atoms. The molecule has 0 atom stereocenters. The maximum atomic E-state index is 12.6. The van der Waals surface area contributed by atoms with Gasteiger partial charge in [-0.25, -0.2) is 8.42 Å². The van der Waals surface area contributed by atoms with Crippen LogP contribution in [0.3, 0.4) is 0 Å². The number of benzene rings is 2. The molecule has 3 rings (SSSR count). The van der Waals surface area contributed by atoms with Gasteiger partial charge in [-0.05, 0) is 56.0 Å². The predicted octanol–water partition coefficient (Wildman–Crippen LogP) is 4.14. The summed E-state index contributed by atoms with van der Waals surface area (Å²) in [5.74, 6) is -0.181. The molecule has 26 heavy (non-hydrogen) atoms. The first-order valence-electron chi connectivity index (χ1n) is 8.47. The number of para-hydroxylation sites is 1. The molecule has 0 unspecified atom stereocenters. The van der Waals surface area contributed by atoms with Gasteiger partial charge >= 0.3 is 0 Å². The molecule has 0 bridgehead atoms. The standard InChI is InChI=1S/C19H21ClN2O3S/c1-13-6-5-7-14(2)18(13)21-19(23)16-9-8-15(12-17(16)20)22-10-3-4-11-26(22,24)25/h5-9,12H,3-4,10-11H2,1-2H3,(H,21,23). The predicted molar refractivity (Wildman–Crippen MR) is 106 cm³/mol. The first-order chi connectivity index (χ1) is 12.3. The second-order valence-corrected chi connectivity index (χ2v) is 8.90. The Morgan fingerprint density at radius 3 is 2.42 bits per heavy atom. The fourth-order valence-corrected chi connectivity index (χ4v) is 5.01. The SMILES string of the molecule is Cc1cccc(C)c1NC(=O)c1ccc(N2CCCCS2(=O)=O)cc1Cl. The zero-order valence-corrected chi connectivity index (χ0v) is 16.3. The molecule has 5 nitrogen and oxygen atoms in total. The van der Waals surface area contributed by atoms with Gasteiger partial charge in [0.1, 0.15) is 0 Å². The van der Waals surface area contributed by atoms with Crippen LogP contribution in [0.25, 0.3) is 0 Å². The lowest BCUT2D eigenvalue weighted by Crippen LogP contribution is -2.37. The number of nitrogens with zero attached hydrogens (tertiary/aromatic N) is 1. The number of nitrogens with one attached hydrogen (secondary N) is 1. The van der Waals surface area contributed by atoms with E-state index in [4.69, 9.17) is 11.6 Å². The van der Waals surface area contributed by atoms with Crippen LogP contribution in [-0.2, 0) is 10.0 Å². The first kappa shape index (κ1) is 18.7. The van der Waals surface area contributed by atoms with E-state index in [1.807, 2.05) is 32.0 Å². The van der Waals surface area contributed by atoms with Crippen molar-refractivity contribution >= 4 is 38.9 Å². The van der Waals surface area contributed by atoms with Gasteiger partial charge in [-0.15, -0.1) is 0 Å². The molecule has 1 aliphatic rings. The van der Waals surface area contributed by atoms with Crippen molar-refractivity contribution < 1.29 is 13.2 Å². The van der Waals surface area contributed by atoms with Gasteiger partial charge in [0.25, 0.3) is 5.91 Å². The minimum Gasteiger partial charge on any atom is -0.321 e. The summed E-state index contributed by atoms with van der Waals surface area (Å²) in [5, 5.41) is 3.12. The maximum Gasteiger partial charge on any atom is 0.257 e. The van der Waals surface area contributed by atoms with Crippen LogP contribution in [0, 0.1) is 13.8 Å². The number of carbonyl (C=O) groups excluding carboxylic acids is 1. The summed E-state index contributed by atoms with van der Waals surface area (Å²) in [5.41, 5.74) is 3.50. The van der Waals surface area contributed by atoms with Crippen LogP contribution < -0.4 is 9.62 Å². The summed E-state index contributed by atoms with van der Waals surface area (Å²) < 4.78 is 25.8. The number of hydrogen-bond acceptors (Lipinski definition) is 3. The molecular weight excluding hydrogens is 372 g/mol. The minimum atomic E-state index is -3.31.